The van der Waals surface area contributed by atoms with Crippen molar-refractivity contribution in [2.45, 2.75) is 350 Å². The zero-order valence-corrected chi connectivity index (χ0v) is 47.2. The number of imidazole rings is 1. The summed E-state index contributed by atoms with van der Waals surface area (Å²) in [5.41, 5.74) is 0. The van der Waals surface area contributed by atoms with E-state index >= 15 is 0 Å². The summed E-state index contributed by atoms with van der Waals surface area (Å²) < 4.78 is 11.4. The summed E-state index contributed by atoms with van der Waals surface area (Å²) in [6, 6.07) is 0. The molecule has 3 nitrogen and oxygen atoms in total. The van der Waals surface area contributed by atoms with E-state index in [0.717, 1.165) is 37.5 Å². The van der Waals surface area contributed by atoms with Crippen molar-refractivity contribution in [2.75, 3.05) is 6.61 Å². The van der Waals surface area contributed by atoms with E-state index in [1.807, 2.05) is 0 Å². The van der Waals surface area contributed by atoms with Crippen LogP contribution >= 0.6 is 0 Å². The second kappa shape index (κ2) is 51.5. The van der Waals surface area contributed by atoms with Crippen LogP contribution in [0.4, 0.5) is 0 Å². The van der Waals surface area contributed by atoms with E-state index in [1.54, 1.807) is 0 Å². The SMILES string of the molecule is CCCCCCCCCCCCCCCCCCC(CCCCCCCCCCCCCCCCCC)CCCCC(CCC(C)CCCC(C)C)OCCn1cc[n+](CCCC)c1.[Br-]. The van der Waals surface area contributed by atoms with E-state index in [1.165, 1.54) is 289 Å². The average molecular weight is 979 g/mol. The molecule has 0 aromatic carbocycles. The van der Waals surface area contributed by atoms with E-state index in [9.17, 15) is 0 Å². The van der Waals surface area contributed by atoms with Gasteiger partial charge in [-0.05, 0) is 43.4 Å². The molecule has 1 aromatic heterocycles. The topological polar surface area (TPSA) is 18.0 Å². The normalized spacial score (nSPS) is 12.7. The Morgan fingerprint density at radius 3 is 1.20 bits per heavy atom. The Morgan fingerprint density at radius 2 is 0.785 bits per heavy atom. The number of aryl methyl sites for hydroxylation is 1. The number of aromatic nitrogens is 2. The maximum Gasteiger partial charge on any atom is 0.243 e. The molecule has 65 heavy (non-hydrogen) atoms. The highest BCUT2D eigenvalue weighted by atomic mass is 79.9. The standard InChI is InChI=1S/C61H121N2O.BrH/c1-7-10-13-15-17-19-21-23-25-27-29-31-33-35-37-39-46-60(47-40-38-36-34-32-30-28-26-24-22-20-18-16-14-11-8-2)48-41-42-49-61(51-50-59(6)45-43-44-58(4)5)64-56-55-63-54-53-62(57-63)52-12-9-3;/h53-54,57-61H,7-52,55-56H2,1-6H3;1H/q+1;/p-1. The Morgan fingerprint density at radius 1 is 0.400 bits per heavy atom. The largest absolute Gasteiger partial charge is 1.00 e. The molecule has 2 unspecified atom stereocenters. The molecule has 4 heteroatoms. The van der Waals surface area contributed by atoms with Crippen LogP contribution in [0, 0.1) is 17.8 Å². The summed E-state index contributed by atoms with van der Waals surface area (Å²) in [5, 5.41) is 0. The lowest BCUT2D eigenvalue weighted by Gasteiger charge is -2.21. The molecule has 1 aromatic rings. The first-order valence-corrected chi connectivity index (χ1v) is 30.1. The zero-order chi connectivity index (χ0) is 46.2. The first kappa shape index (κ1) is 64.7. The second-order valence-electron chi connectivity index (χ2n) is 22.1. The van der Waals surface area contributed by atoms with E-state index in [-0.39, 0.29) is 17.0 Å². The Kier molecular flexibility index (Phi) is 51.2. The molecular formula is C61H121BrN2O. The maximum absolute atomic E-state index is 6.73. The molecule has 0 aliphatic rings. The zero-order valence-electron chi connectivity index (χ0n) is 45.7. The predicted molar refractivity (Wildman–Crippen MR) is 287 cm³/mol. The highest BCUT2D eigenvalue weighted by Gasteiger charge is 2.15. The van der Waals surface area contributed by atoms with Crippen LogP contribution in [0.3, 0.4) is 0 Å². The number of hydrogen-bond donors (Lipinski definition) is 0. The summed E-state index contributed by atoms with van der Waals surface area (Å²) in [4.78, 5) is 0. The van der Waals surface area contributed by atoms with Crippen LogP contribution in [0.5, 0.6) is 0 Å². The minimum Gasteiger partial charge on any atom is -1.00 e. The number of halogens is 1. The first-order valence-electron chi connectivity index (χ1n) is 30.1. The van der Waals surface area contributed by atoms with Gasteiger partial charge < -0.3 is 21.7 Å². The average Bonchev–Trinajstić information content (AvgIpc) is 3.75. The molecule has 0 aliphatic heterocycles. The summed E-state index contributed by atoms with van der Waals surface area (Å²) in [6.45, 7) is 17.1. The Balaban J connectivity index is 0.0000410. The fourth-order valence-corrected chi connectivity index (χ4v) is 10.4. The van der Waals surface area contributed by atoms with Gasteiger partial charge in [0.05, 0.1) is 19.3 Å². The third-order valence-electron chi connectivity index (χ3n) is 15.0. The van der Waals surface area contributed by atoms with Gasteiger partial charge in [-0.3, -0.25) is 0 Å². The molecule has 0 saturated carbocycles. The van der Waals surface area contributed by atoms with Crippen molar-refractivity contribution in [1.82, 2.24) is 4.57 Å². The van der Waals surface area contributed by atoms with Crippen molar-refractivity contribution in [2.24, 2.45) is 17.8 Å². The van der Waals surface area contributed by atoms with Gasteiger partial charge in [-0.1, -0.05) is 305 Å². The molecule has 1 heterocycles. The van der Waals surface area contributed by atoms with Crippen molar-refractivity contribution in [1.29, 1.82) is 0 Å². The van der Waals surface area contributed by atoms with E-state index in [2.05, 4.69) is 69.4 Å². The minimum atomic E-state index is 0. The summed E-state index contributed by atoms with van der Waals surface area (Å²) in [5.74, 6) is 2.59. The quantitative estimate of drug-likeness (QED) is 0.0470. The third kappa shape index (κ3) is 45.8. The van der Waals surface area contributed by atoms with E-state index < -0.39 is 0 Å². The van der Waals surface area contributed by atoms with Crippen LogP contribution in [-0.4, -0.2) is 17.3 Å². The molecule has 1 rings (SSSR count). The third-order valence-corrected chi connectivity index (χ3v) is 15.0. The van der Waals surface area contributed by atoms with Gasteiger partial charge in [0, 0.05) is 0 Å². The van der Waals surface area contributed by atoms with Crippen LogP contribution in [0.2, 0.25) is 0 Å². The Labute approximate surface area is 421 Å². The van der Waals surface area contributed by atoms with Crippen LogP contribution in [0.1, 0.15) is 330 Å². The molecule has 0 spiro atoms. The van der Waals surface area contributed by atoms with Gasteiger partial charge >= 0.3 is 0 Å². The van der Waals surface area contributed by atoms with Crippen molar-refractivity contribution in [3.63, 3.8) is 0 Å². The van der Waals surface area contributed by atoms with Crippen LogP contribution in [0.25, 0.3) is 0 Å². The smallest absolute Gasteiger partial charge is 0.243 e. The van der Waals surface area contributed by atoms with Gasteiger partial charge in [-0.2, -0.15) is 0 Å². The van der Waals surface area contributed by atoms with Crippen molar-refractivity contribution in [3.8, 4) is 0 Å². The van der Waals surface area contributed by atoms with Gasteiger partial charge in [0.15, 0.2) is 0 Å². The van der Waals surface area contributed by atoms with Crippen LogP contribution < -0.4 is 21.5 Å². The molecule has 0 bridgehead atoms. The number of hydrogen-bond acceptors (Lipinski definition) is 1. The Bertz CT molecular complexity index is 989. The molecule has 388 valence electrons. The highest BCUT2D eigenvalue weighted by molar-refractivity contribution is 4.69. The predicted octanol–water partition coefficient (Wildman–Crippen LogP) is 17.7. The molecule has 0 saturated heterocycles. The molecular weight excluding hydrogens is 857 g/mol. The minimum absolute atomic E-state index is 0. The first-order chi connectivity index (χ1) is 31.5. The van der Waals surface area contributed by atoms with Crippen LogP contribution in [0.15, 0.2) is 18.7 Å². The van der Waals surface area contributed by atoms with Gasteiger partial charge in [-0.25, -0.2) is 9.13 Å². The summed E-state index contributed by atoms with van der Waals surface area (Å²) in [6.07, 6.45) is 71.7. The summed E-state index contributed by atoms with van der Waals surface area (Å²) in [7, 11) is 0. The fourth-order valence-electron chi connectivity index (χ4n) is 10.4. The van der Waals surface area contributed by atoms with Gasteiger partial charge in [0.25, 0.3) is 0 Å². The molecule has 0 radical (unpaired) electrons. The van der Waals surface area contributed by atoms with E-state index in [0.29, 0.717) is 6.10 Å². The number of unbranched alkanes of at least 4 members (excludes halogenated alkanes) is 32. The van der Waals surface area contributed by atoms with Crippen molar-refractivity contribution >= 4 is 0 Å². The molecule has 2 atom stereocenters. The number of ether oxygens (including phenoxy) is 1. The lowest BCUT2D eigenvalue weighted by atomic mass is 9.89. The molecule has 0 amide bonds. The fraction of sp³-hybridized carbons (Fsp3) is 0.951. The van der Waals surface area contributed by atoms with Gasteiger partial charge in [0.2, 0.25) is 6.33 Å². The van der Waals surface area contributed by atoms with Gasteiger partial charge in [0.1, 0.15) is 18.9 Å². The van der Waals surface area contributed by atoms with Crippen molar-refractivity contribution in [3.05, 3.63) is 18.7 Å². The number of nitrogens with zero attached hydrogens (tertiary/aromatic N) is 2. The monoisotopic (exact) mass is 977 g/mol. The second-order valence-corrected chi connectivity index (χ2v) is 22.1. The van der Waals surface area contributed by atoms with Crippen molar-refractivity contribution < 1.29 is 26.3 Å². The highest BCUT2D eigenvalue weighted by Crippen LogP contribution is 2.27. The lowest BCUT2D eigenvalue weighted by Crippen LogP contribution is -3.00. The summed E-state index contributed by atoms with van der Waals surface area (Å²) >= 11 is 0. The molecule has 0 fully saturated rings. The van der Waals surface area contributed by atoms with Crippen LogP contribution in [-0.2, 0) is 17.8 Å². The van der Waals surface area contributed by atoms with E-state index in [4.69, 9.17) is 4.74 Å². The number of rotatable bonds is 53. The van der Waals surface area contributed by atoms with Gasteiger partial charge in [-0.15, -0.1) is 0 Å². The Hall–Kier alpha value is -0.350. The lowest BCUT2D eigenvalue weighted by molar-refractivity contribution is -0.696. The maximum atomic E-state index is 6.73. The molecule has 0 aliphatic carbocycles. The molecule has 0 N–H and O–H groups in total.